The van der Waals surface area contributed by atoms with Gasteiger partial charge >= 0.3 is 0 Å². The Bertz CT molecular complexity index is 886. The van der Waals surface area contributed by atoms with E-state index in [0.717, 1.165) is 3.97 Å². The summed E-state index contributed by atoms with van der Waals surface area (Å²) >= 11 is 6.12. The average molecular weight is 307 g/mol. The van der Waals surface area contributed by atoms with Crippen molar-refractivity contribution >= 4 is 32.7 Å². The van der Waals surface area contributed by atoms with Gasteiger partial charge in [0.2, 0.25) is 0 Å². The molecule has 4 nitrogen and oxygen atoms in total. The molecule has 0 spiro atoms. The quantitative estimate of drug-likeness (QED) is 0.730. The molecule has 1 aromatic carbocycles. The monoisotopic (exact) mass is 306 g/mol. The van der Waals surface area contributed by atoms with Crippen LogP contribution in [0.1, 0.15) is 5.69 Å². The van der Waals surface area contributed by atoms with Crippen molar-refractivity contribution in [3.63, 3.8) is 0 Å². The van der Waals surface area contributed by atoms with Crippen LogP contribution in [0, 0.1) is 6.92 Å². The number of fused-ring (bicyclic) bond motifs is 1. The second-order valence-corrected chi connectivity index (χ2v) is 6.63. The zero-order chi connectivity index (χ0) is 14.3. The van der Waals surface area contributed by atoms with E-state index in [9.17, 15) is 8.42 Å². The van der Waals surface area contributed by atoms with Crippen LogP contribution >= 0.6 is 11.6 Å². The third-order valence-electron chi connectivity index (χ3n) is 3.00. The van der Waals surface area contributed by atoms with Crippen molar-refractivity contribution in [1.29, 1.82) is 0 Å². The van der Waals surface area contributed by atoms with E-state index in [-0.39, 0.29) is 4.90 Å². The van der Waals surface area contributed by atoms with Gasteiger partial charge in [-0.05, 0) is 31.2 Å². The van der Waals surface area contributed by atoms with Crippen molar-refractivity contribution in [2.24, 2.45) is 0 Å². The van der Waals surface area contributed by atoms with Crippen LogP contribution in [-0.2, 0) is 10.0 Å². The third kappa shape index (κ3) is 1.99. The Morgan fingerprint density at radius 1 is 1.15 bits per heavy atom. The normalized spacial score (nSPS) is 11.9. The van der Waals surface area contributed by atoms with Crippen molar-refractivity contribution in [1.82, 2.24) is 8.96 Å². The van der Waals surface area contributed by atoms with Crippen LogP contribution in [0.3, 0.4) is 0 Å². The number of hydrogen-bond donors (Lipinski definition) is 0. The van der Waals surface area contributed by atoms with E-state index in [1.165, 1.54) is 6.20 Å². The molecule has 0 atom stereocenters. The zero-order valence-corrected chi connectivity index (χ0v) is 12.2. The lowest BCUT2D eigenvalue weighted by Gasteiger charge is -2.07. The topological polar surface area (TPSA) is 52.0 Å². The predicted molar refractivity (Wildman–Crippen MR) is 78.5 cm³/mol. The Morgan fingerprint density at radius 3 is 2.55 bits per heavy atom. The van der Waals surface area contributed by atoms with Crippen molar-refractivity contribution < 1.29 is 8.42 Å². The summed E-state index contributed by atoms with van der Waals surface area (Å²) in [4.78, 5) is 4.51. The van der Waals surface area contributed by atoms with Gasteiger partial charge in [0.15, 0.2) is 5.65 Å². The number of benzene rings is 1. The number of halogens is 1. The molecule has 0 fully saturated rings. The van der Waals surface area contributed by atoms with Crippen LogP contribution < -0.4 is 0 Å². The molecule has 0 amide bonds. The summed E-state index contributed by atoms with van der Waals surface area (Å²) < 4.78 is 26.4. The minimum atomic E-state index is -3.66. The van der Waals surface area contributed by atoms with E-state index >= 15 is 0 Å². The Morgan fingerprint density at radius 2 is 1.85 bits per heavy atom. The number of pyridine rings is 1. The SMILES string of the molecule is Cc1cc(Cl)c2ccn(S(=O)(=O)c3ccccc3)c2n1. The molecule has 0 aliphatic rings. The first-order chi connectivity index (χ1) is 9.50. The molecule has 0 aliphatic carbocycles. The minimum absolute atomic E-state index is 0.219. The summed E-state index contributed by atoms with van der Waals surface area (Å²) in [5.74, 6) is 0. The van der Waals surface area contributed by atoms with Crippen LogP contribution in [-0.4, -0.2) is 17.4 Å². The minimum Gasteiger partial charge on any atom is -0.234 e. The molecule has 2 aromatic heterocycles. The molecule has 0 radical (unpaired) electrons. The fourth-order valence-corrected chi connectivity index (χ4v) is 3.68. The molecule has 0 saturated carbocycles. The smallest absolute Gasteiger partial charge is 0.234 e. The van der Waals surface area contributed by atoms with E-state index in [2.05, 4.69) is 4.98 Å². The molecule has 2 heterocycles. The van der Waals surface area contributed by atoms with Gasteiger partial charge in [-0.25, -0.2) is 17.4 Å². The first kappa shape index (κ1) is 13.1. The highest BCUT2D eigenvalue weighted by atomic mass is 35.5. The summed E-state index contributed by atoms with van der Waals surface area (Å²) in [6, 6.07) is 11.6. The Hall–Kier alpha value is -1.85. The van der Waals surface area contributed by atoms with Crippen molar-refractivity contribution in [2.75, 3.05) is 0 Å². The number of aromatic nitrogens is 2. The summed E-state index contributed by atoms with van der Waals surface area (Å²) in [6.07, 6.45) is 1.48. The third-order valence-corrected chi connectivity index (χ3v) is 4.99. The molecule has 0 bridgehead atoms. The van der Waals surface area contributed by atoms with Gasteiger partial charge in [0.25, 0.3) is 10.0 Å². The van der Waals surface area contributed by atoms with Crippen molar-refractivity contribution in [3.8, 4) is 0 Å². The maximum atomic E-state index is 12.6. The highest BCUT2D eigenvalue weighted by molar-refractivity contribution is 7.90. The molecule has 20 heavy (non-hydrogen) atoms. The lowest BCUT2D eigenvalue weighted by Crippen LogP contribution is -2.12. The predicted octanol–water partition coefficient (Wildman–Crippen LogP) is 3.24. The lowest BCUT2D eigenvalue weighted by molar-refractivity contribution is 0.589. The standard InChI is InChI=1S/C14H11ClN2O2S/c1-10-9-13(15)12-7-8-17(14(12)16-10)20(18,19)11-5-3-2-4-6-11/h2-9H,1H3. The number of rotatable bonds is 2. The molecule has 3 aromatic rings. The van der Waals surface area contributed by atoms with Crippen molar-refractivity contribution in [2.45, 2.75) is 11.8 Å². The Labute approximate surface area is 121 Å². The summed E-state index contributed by atoms with van der Waals surface area (Å²) in [7, 11) is -3.66. The van der Waals surface area contributed by atoms with Gasteiger partial charge in [-0.2, -0.15) is 0 Å². The largest absolute Gasteiger partial charge is 0.269 e. The van der Waals surface area contributed by atoms with E-state index in [1.807, 2.05) is 0 Å². The highest BCUT2D eigenvalue weighted by Crippen LogP contribution is 2.26. The van der Waals surface area contributed by atoms with E-state index < -0.39 is 10.0 Å². The fraction of sp³-hybridized carbons (Fsp3) is 0.0714. The fourth-order valence-electron chi connectivity index (χ4n) is 2.06. The van der Waals surface area contributed by atoms with Gasteiger partial charge < -0.3 is 0 Å². The zero-order valence-electron chi connectivity index (χ0n) is 10.6. The molecular weight excluding hydrogens is 296 g/mol. The van der Waals surface area contributed by atoms with Gasteiger partial charge in [0.05, 0.1) is 9.92 Å². The molecule has 6 heteroatoms. The van der Waals surface area contributed by atoms with Gasteiger partial charge in [-0.15, -0.1) is 0 Å². The molecular formula is C14H11ClN2O2S. The van der Waals surface area contributed by atoms with E-state index in [1.54, 1.807) is 49.4 Å². The second-order valence-electron chi connectivity index (χ2n) is 4.41. The summed E-state index contributed by atoms with van der Waals surface area (Å²) in [5, 5.41) is 1.12. The van der Waals surface area contributed by atoms with E-state index in [4.69, 9.17) is 11.6 Å². The van der Waals surface area contributed by atoms with Crippen molar-refractivity contribution in [3.05, 3.63) is 59.4 Å². The molecule has 0 aliphatic heterocycles. The Kier molecular flexibility index (Phi) is 3.03. The first-order valence-electron chi connectivity index (χ1n) is 5.95. The highest BCUT2D eigenvalue weighted by Gasteiger charge is 2.20. The molecule has 3 rings (SSSR count). The summed E-state index contributed by atoms with van der Waals surface area (Å²) in [6.45, 7) is 1.78. The Balaban J connectivity index is 2.31. The number of hydrogen-bond acceptors (Lipinski definition) is 3. The number of nitrogens with zero attached hydrogens (tertiary/aromatic N) is 2. The maximum absolute atomic E-state index is 12.6. The van der Waals surface area contributed by atoms with Crippen LogP contribution in [0.4, 0.5) is 0 Å². The van der Waals surface area contributed by atoms with Gasteiger partial charge in [0, 0.05) is 17.3 Å². The van der Waals surface area contributed by atoms with Crippen LogP contribution in [0.5, 0.6) is 0 Å². The molecule has 0 saturated heterocycles. The number of aryl methyl sites for hydroxylation is 1. The maximum Gasteiger partial charge on any atom is 0.269 e. The van der Waals surface area contributed by atoms with Gasteiger partial charge in [0.1, 0.15) is 0 Å². The van der Waals surface area contributed by atoms with Crippen LogP contribution in [0.2, 0.25) is 5.02 Å². The van der Waals surface area contributed by atoms with Gasteiger partial charge in [-0.3, -0.25) is 0 Å². The van der Waals surface area contributed by atoms with Crippen LogP contribution in [0.25, 0.3) is 11.0 Å². The first-order valence-corrected chi connectivity index (χ1v) is 7.77. The molecule has 0 N–H and O–H groups in total. The second kappa shape index (κ2) is 4.61. The lowest BCUT2D eigenvalue weighted by atomic mass is 10.3. The van der Waals surface area contributed by atoms with E-state index in [0.29, 0.717) is 21.7 Å². The van der Waals surface area contributed by atoms with Gasteiger partial charge in [-0.1, -0.05) is 29.8 Å². The molecule has 102 valence electrons. The van der Waals surface area contributed by atoms with Crippen LogP contribution in [0.15, 0.2) is 53.6 Å². The molecule has 0 unspecified atom stereocenters. The average Bonchev–Trinajstić information content (AvgIpc) is 2.84. The summed E-state index contributed by atoms with van der Waals surface area (Å²) in [5.41, 5.74) is 1.02.